The topological polar surface area (TPSA) is 57.4 Å². The van der Waals surface area contributed by atoms with Crippen molar-refractivity contribution < 1.29 is 9.53 Å². The summed E-state index contributed by atoms with van der Waals surface area (Å²) in [6, 6.07) is 24.1. The number of nitrogens with zero attached hydrogens (tertiary/aromatic N) is 1. The van der Waals surface area contributed by atoms with Crippen LogP contribution in [-0.4, -0.2) is 29.1 Å². The number of nitrogens with one attached hydrogen (secondary N) is 2. The van der Waals surface area contributed by atoms with Gasteiger partial charge in [-0.2, -0.15) is 0 Å². The van der Waals surface area contributed by atoms with Gasteiger partial charge in [-0.1, -0.05) is 48.0 Å². The van der Waals surface area contributed by atoms with Gasteiger partial charge in [-0.25, -0.2) is 4.79 Å². The number of benzene rings is 3. The van der Waals surface area contributed by atoms with Crippen LogP contribution in [-0.2, 0) is 6.42 Å². The summed E-state index contributed by atoms with van der Waals surface area (Å²) in [7, 11) is 0. The van der Waals surface area contributed by atoms with E-state index in [1.807, 2.05) is 42.2 Å². The molecule has 5 rings (SSSR count). The summed E-state index contributed by atoms with van der Waals surface area (Å²) in [4.78, 5) is 19.0. The molecule has 1 aromatic heterocycles. The first-order chi connectivity index (χ1) is 15.6. The molecule has 32 heavy (non-hydrogen) atoms. The third-order valence-corrected chi connectivity index (χ3v) is 6.10. The number of carbonyl (C=O) groups excluding carboxylic acids is 1. The van der Waals surface area contributed by atoms with Crippen LogP contribution in [0, 0.1) is 6.92 Å². The lowest BCUT2D eigenvalue weighted by atomic mass is 9.92. The zero-order valence-electron chi connectivity index (χ0n) is 18.4. The van der Waals surface area contributed by atoms with Crippen molar-refractivity contribution in [2.45, 2.75) is 26.3 Å². The van der Waals surface area contributed by atoms with Crippen LogP contribution in [0.15, 0.2) is 72.8 Å². The van der Waals surface area contributed by atoms with Crippen molar-refractivity contribution in [3.8, 4) is 5.75 Å². The van der Waals surface area contributed by atoms with Crippen molar-refractivity contribution in [1.29, 1.82) is 0 Å². The summed E-state index contributed by atoms with van der Waals surface area (Å²) in [5.41, 5.74) is 6.57. The molecular formula is C27H27N3O2. The van der Waals surface area contributed by atoms with Crippen molar-refractivity contribution >= 4 is 22.6 Å². The number of anilines is 1. The number of amides is 2. The monoisotopic (exact) mass is 425 g/mol. The van der Waals surface area contributed by atoms with Crippen molar-refractivity contribution in [2.75, 3.05) is 18.5 Å². The molecule has 0 bridgehead atoms. The maximum Gasteiger partial charge on any atom is 0.322 e. The number of aryl methyl sites for hydroxylation is 1. The van der Waals surface area contributed by atoms with Crippen LogP contribution < -0.4 is 10.1 Å². The van der Waals surface area contributed by atoms with Crippen LogP contribution in [0.1, 0.15) is 35.3 Å². The minimum atomic E-state index is -0.172. The average molecular weight is 426 g/mol. The van der Waals surface area contributed by atoms with Crippen LogP contribution in [0.2, 0.25) is 0 Å². The second-order valence-electron chi connectivity index (χ2n) is 8.21. The molecule has 0 saturated carbocycles. The van der Waals surface area contributed by atoms with E-state index in [1.54, 1.807) is 0 Å². The normalized spacial score (nSPS) is 15.4. The molecule has 0 spiro atoms. The van der Waals surface area contributed by atoms with Crippen LogP contribution in [0.4, 0.5) is 10.5 Å². The van der Waals surface area contributed by atoms with Crippen LogP contribution in [0.5, 0.6) is 5.75 Å². The minimum absolute atomic E-state index is 0.107. The van der Waals surface area contributed by atoms with Crippen molar-refractivity contribution in [1.82, 2.24) is 9.88 Å². The van der Waals surface area contributed by atoms with E-state index in [9.17, 15) is 4.79 Å². The van der Waals surface area contributed by atoms with Crippen LogP contribution in [0.25, 0.3) is 10.9 Å². The van der Waals surface area contributed by atoms with Crippen LogP contribution >= 0.6 is 0 Å². The molecule has 4 aromatic rings. The van der Waals surface area contributed by atoms with E-state index in [1.165, 1.54) is 16.5 Å². The van der Waals surface area contributed by atoms with Crippen LogP contribution in [0.3, 0.4) is 0 Å². The Bertz CT molecular complexity index is 1240. The van der Waals surface area contributed by atoms with Gasteiger partial charge in [0.25, 0.3) is 0 Å². The number of aromatic amines is 1. The number of hydrogen-bond acceptors (Lipinski definition) is 2. The fourth-order valence-electron chi connectivity index (χ4n) is 4.55. The maximum absolute atomic E-state index is 13.4. The van der Waals surface area contributed by atoms with Gasteiger partial charge in [0.1, 0.15) is 5.75 Å². The first-order valence-electron chi connectivity index (χ1n) is 11.1. The molecule has 5 heteroatoms. The highest BCUT2D eigenvalue weighted by Gasteiger charge is 2.34. The average Bonchev–Trinajstić information content (AvgIpc) is 3.19. The van der Waals surface area contributed by atoms with Gasteiger partial charge in [-0.15, -0.1) is 0 Å². The standard InChI is InChI=1S/C27H27N3O2/c1-3-32-21-14-12-20(13-15-21)28-27(31)30-17-16-23-22-6-4-5-7-24(22)29-25(23)26(30)19-10-8-18(2)9-11-19/h4-15,26,29H,3,16-17H2,1-2H3,(H,28,31). The molecule has 5 nitrogen and oxygen atoms in total. The van der Waals surface area contributed by atoms with Gasteiger partial charge in [0, 0.05) is 28.8 Å². The van der Waals surface area contributed by atoms with E-state index in [2.05, 4.69) is 59.7 Å². The molecule has 1 aliphatic rings. The lowest BCUT2D eigenvalue weighted by Gasteiger charge is -2.36. The predicted molar refractivity (Wildman–Crippen MR) is 128 cm³/mol. The number of fused-ring (bicyclic) bond motifs is 3. The zero-order valence-corrected chi connectivity index (χ0v) is 18.4. The zero-order chi connectivity index (χ0) is 22.1. The lowest BCUT2D eigenvalue weighted by molar-refractivity contribution is 0.193. The summed E-state index contributed by atoms with van der Waals surface area (Å²) in [6.07, 6.45) is 0.818. The molecule has 0 saturated heterocycles. The Morgan fingerprint density at radius 2 is 1.81 bits per heavy atom. The Balaban J connectivity index is 1.50. The highest BCUT2D eigenvalue weighted by Crippen LogP contribution is 2.38. The summed E-state index contributed by atoms with van der Waals surface area (Å²) >= 11 is 0. The van der Waals surface area contributed by atoms with E-state index in [-0.39, 0.29) is 12.1 Å². The SMILES string of the molecule is CCOc1ccc(NC(=O)N2CCc3c([nH]c4ccccc34)C2c2ccc(C)cc2)cc1. The van der Waals surface area contributed by atoms with Gasteiger partial charge >= 0.3 is 6.03 Å². The molecule has 2 N–H and O–H groups in total. The van der Waals surface area contributed by atoms with Crippen molar-refractivity contribution in [2.24, 2.45) is 0 Å². The van der Waals surface area contributed by atoms with Gasteiger partial charge in [-0.05, 0) is 61.7 Å². The quantitative estimate of drug-likeness (QED) is 0.418. The summed E-state index contributed by atoms with van der Waals surface area (Å²) in [5, 5.41) is 4.32. The number of rotatable bonds is 4. The minimum Gasteiger partial charge on any atom is -0.494 e. The molecule has 162 valence electrons. The highest BCUT2D eigenvalue weighted by atomic mass is 16.5. The third-order valence-electron chi connectivity index (χ3n) is 6.10. The molecule has 1 aliphatic heterocycles. The Hall–Kier alpha value is -3.73. The van der Waals surface area contributed by atoms with Crippen molar-refractivity contribution in [3.63, 3.8) is 0 Å². The molecule has 2 amide bonds. The lowest BCUT2D eigenvalue weighted by Crippen LogP contribution is -2.43. The van der Waals surface area contributed by atoms with E-state index in [4.69, 9.17) is 4.74 Å². The van der Waals surface area contributed by atoms with Gasteiger partial charge in [-0.3, -0.25) is 0 Å². The molecule has 2 heterocycles. The van der Waals surface area contributed by atoms with Gasteiger partial charge in [0.15, 0.2) is 0 Å². The first-order valence-corrected chi connectivity index (χ1v) is 11.1. The number of H-pyrrole nitrogens is 1. The maximum atomic E-state index is 13.4. The fourth-order valence-corrected chi connectivity index (χ4v) is 4.55. The van der Waals surface area contributed by atoms with Gasteiger partial charge in [0.05, 0.1) is 12.6 Å². The third kappa shape index (κ3) is 3.71. The molecule has 1 atom stereocenters. The number of para-hydroxylation sites is 1. The fraction of sp³-hybridized carbons (Fsp3) is 0.222. The second-order valence-corrected chi connectivity index (χ2v) is 8.21. The molecule has 0 fully saturated rings. The van der Waals surface area contributed by atoms with E-state index >= 15 is 0 Å². The van der Waals surface area contributed by atoms with Gasteiger partial charge < -0.3 is 19.9 Å². The largest absolute Gasteiger partial charge is 0.494 e. The van der Waals surface area contributed by atoms with E-state index in [0.717, 1.165) is 34.6 Å². The number of carbonyl (C=O) groups is 1. The summed E-state index contributed by atoms with van der Waals surface area (Å²) in [5.74, 6) is 0.795. The Kier molecular flexibility index (Phi) is 5.31. The van der Waals surface area contributed by atoms with Gasteiger partial charge in [0.2, 0.25) is 0 Å². The summed E-state index contributed by atoms with van der Waals surface area (Å²) in [6.45, 7) is 5.30. The smallest absolute Gasteiger partial charge is 0.322 e. The Morgan fingerprint density at radius 1 is 1.06 bits per heavy atom. The van der Waals surface area contributed by atoms with Crippen molar-refractivity contribution in [3.05, 3.63) is 95.2 Å². The highest BCUT2D eigenvalue weighted by molar-refractivity contribution is 5.91. The molecular weight excluding hydrogens is 398 g/mol. The number of ether oxygens (including phenoxy) is 1. The molecule has 0 radical (unpaired) electrons. The molecule has 1 unspecified atom stereocenters. The Morgan fingerprint density at radius 3 is 2.56 bits per heavy atom. The predicted octanol–water partition coefficient (Wildman–Crippen LogP) is 6.05. The molecule has 3 aromatic carbocycles. The Labute approximate surface area is 188 Å². The second kappa shape index (κ2) is 8.42. The molecule has 0 aliphatic carbocycles. The number of hydrogen-bond donors (Lipinski definition) is 2. The summed E-state index contributed by atoms with van der Waals surface area (Å²) < 4.78 is 5.51. The number of urea groups is 1. The van der Waals surface area contributed by atoms with E-state index in [0.29, 0.717) is 13.2 Å². The number of aromatic nitrogens is 1. The van der Waals surface area contributed by atoms with E-state index < -0.39 is 0 Å². The first kappa shape index (κ1) is 20.2.